The van der Waals surface area contributed by atoms with Gasteiger partial charge in [-0.15, -0.1) is 0 Å². The third-order valence-corrected chi connectivity index (χ3v) is 6.93. The lowest BCUT2D eigenvalue weighted by Crippen LogP contribution is -2.50. The van der Waals surface area contributed by atoms with E-state index in [1.165, 1.54) is 17.6 Å². The molecule has 2 atom stereocenters. The van der Waals surface area contributed by atoms with Gasteiger partial charge in [0.1, 0.15) is 5.75 Å². The molecule has 2 aromatic rings. The number of carbonyl (C=O) groups excluding carboxylic acids is 1. The number of urea groups is 1. The Labute approximate surface area is 179 Å². The molecule has 0 saturated heterocycles. The Kier molecular flexibility index (Phi) is 5.59. The number of ether oxygens (including phenoxy) is 1. The highest BCUT2D eigenvalue weighted by Crippen LogP contribution is 2.59. The van der Waals surface area contributed by atoms with Crippen molar-refractivity contribution in [3.8, 4) is 5.75 Å². The Hall–Kier alpha value is -2.75. The summed E-state index contributed by atoms with van der Waals surface area (Å²) in [5.41, 5.74) is 4.58. The summed E-state index contributed by atoms with van der Waals surface area (Å²) < 4.78 is 5.58. The van der Waals surface area contributed by atoms with Crippen LogP contribution in [0.5, 0.6) is 5.75 Å². The highest BCUT2D eigenvalue weighted by Gasteiger charge is 2.51. The zero-order chi connectivity index (χ0) is 21.3. The average Bonchev–Trinajstić information content (AvgIpc) is 2.74. The van der Waals surface area contributed by atoms with Gasteiger partial charge >= 0.3 is 6.03 Å². The first kappa shape index (κ1) is 20.5. The number of nitrogens with one attached hydrogen (secondary N) is 1. The van der Waals surface area contributed by atoms with E-state index in [0.717, 1.165) is 29.5 Å². The van der Waals surface area contributed by atoms with Crippen molar-refractivity contribution in [3.63, 3.8) is 0 Å². The zero-order valence-corrected chi connectivity index (χ0v) is 18.4. The summed E-state index contributed by atoms with van der Waals surface area (Å²) >= 11 is 0. The third kappa shape index (κ3) is 3.96. The summed E-state index contributed by atoms with van der Waals surface area (Å²) in [6.07, 6.45) is 4.73. The van der Waals surface area contributed by atoms with Gasteiger partial charge in [0.2, 0.25) is 0 Å². The molecule has 158 valence electrons. The number of rotatable bonds is 6. The molecule has 0 radical (unpaired) electrons. The molecule has 0 aliphatic heterocycles. The lowest BCUT2D eigenvalue weighted by atomic mass is 9.49. The number of benzene rings is 2. The first-order valence-corrected chi connectivity index (χ1v) is 11.0. The van der Waals surface area contributed by atoms with Crippen molar-refractivity contribution in [1.82, 2.24) is 0 Å². The number of hydrogen-bond acceptors (Lipinski definition) is 2. The topological polar surface area (TPSA) is 41.6 Å². The van der Waals surface area contributed by atoms with Crippen LogP contribution in [0.3, 0.4) is 0 Å². The summed E-state index contributed by atoms with van der Waals surface area (Å²) in [5, 5.41) is 3.07. The van der Waals surface area contributed by atoms with E-state index in [4.69, 9.17) is 4.74 Å². The lowest BCUT2D eigenvalue weighted by Gasteiger charge is -2.57. The molecule has 3 aliphatic carbocycles. The number of nitrogens with zero attached hydrogens (tertiary/aromatic N) is 1. The summed E-state index contributed by atoms with van der Waals surface area (Å²) in [5.74, 6) is 2.17. The summed E-state index contributed by atoms with van der Waals surface area (Å²) in [7, 11) is 0. The van der Waals surface area contributed by atoms with Gasteiger partial charge in [0, 0.05) is 17.9 Å². The fourth-order valence-electron chi connectivity index (χ4n) is 4.84. The van der Waals surface area contributed by atoms with Crippen LogP contribution >= 0.6 is 0 Å². The summed E-state index contributed by atoms with van der Waals surface area (Å²) in [6, 6.07) is 15.6. The van der Waals surface area contributed by atoms with Gasteiger partial charge in [-0.3, -0.25) is 4.90 Å². The first-order valence-electron chi connectivity index (χ1n) is 11.0. The second kappa shape index (κ2) is 8.17. The van der Waals surface area contributed by atoms with E-state index in [1.807, 2.05) is 67.3 Å². The molecular formula is C26H32N2O2. The Bertz CT molecular complexity index is 929. The Morgan fingerprint density at radius 2 is 1.83 bits per heavy atom. The standard InChI is InChI=1S/C26H32N2O2/c1-5-30-23-14-12-22(13-15-23)28(25(29)27-21-10-6-18(2)7-11-21)17-19-8-9-20-16-24(19)26(20,3)4/h6-8,10-15,20,24H,5,9,16-17H2,1-4H3,(H,27,29). The van der Waals surface area contributed by atoms with Crippen molar-refractivity contribution < 1.29 is 9.53 Å². The smallest absolute Gasteiger partial charge is 0.326 e. The minimum absolute atomic E-state index is 0.108. The Balaban J connectivity index is 1.58. The van der Waals surface area contributed by atoms with Crippen molar-refractivity contribution in [2.24, 2.45) is 17.3 Å². The third-order valence-electron chi connectivity index (χ3n) is 6.93. The van der Waals surface area contributed by atoms with Crippen molar-refractivity contribution >= 4 is 17.4 Å². The molecule has 30 heavy (non-hydrogen) atoms. The van der Waals surface area contributed by atoms with Gasteiger partial charge in [-0.1, -0.05) is 43.2 Å². The number of anilines is 2. The summed E-state index contributed by atoms with van der Waals surface area (Å²) in [6.45, 7) is 9.99. The van der Waals surface area contributed by atoms with Gasteiger partial charge in [-0.05, 0) is 80.3 Å². The predicted molar refractivity (Wildman–Crippen MR) is 123 cm³/mol. The van der Waals surface area contributed by atoms with Crippen LogP contribution in [0.15, 0.2) is 60.2 Å². The molecule has 0 spiro atoms. The van der Waals surface area contributed by atoms with Gasteiger partial charge in [0.15, 0.2) is 0 Å². The van der Waals surface area contributed by atoms with Crippen LogP contribution in [0.2, 0.25) is 0 Å². The molecule has 0 aromatic heterocycles. The zero-order valence-electron chi connectivity index (χ0n) is 18.4. The van der Waals surface area contributed by atoms with E-state index in [1.54, 1.807) is 0 Å². The van der Waals surface area contributed by atoms with Crippen LogP contribution in [0.25, 0.3) is 0 Å². The van der Waals surface area contributed by atoms with E-state index < -0.39 is 0 Å². The molecule has 4 heteroatoms. The molecule has 2 bridgehead atoms. The monoisotopic (exact) mass is 404 g/mol. The highest BCUT2D eigenvalue weighted by atomic mass is 16.5. The van der Waals surface area contributed by atoms with Crippen LogP contribution in [0.1, 0.15) is 39.2 Å². The second-order valence-electron chi connectivity index (χ2n) is 9.13. The largest absolute Gasteiger partial charge is 0.494 e. The molecule has 1 N–H and O–H groups in total. The van der Waals surface area contributed by atoms with Crippen LogP contribution in [0, 0.1) is 24.2 Å². The summed E-state index contributed by atoms with van der Waals surface area (Å²) in [4.78, 5) is 15.2. The van der Waals surface area contributed by atoms with E-state index in [0.29, 0.717) is 24.5 Å². The molecule has 2 amide bonds. The number of carbonyl (C=O) groups is 1. The quantitative estimate of drug-likeness (QED) is 0.564. The maximum atomic E-state index is 13.3. The molecule has 5 rings (SSSR count). The number of aryl methyl sites for hydroxylation is 1. The van der Waals surface area contributed by atoms with Crippen LogP contribution < -0.4 is 15.0 Å². The number of allylic oxidation sites excluding steroid dienone is 1. The maximum Gasteiger partial charge on any atom is 0.326 e. The molecule has 1 fully saturated rings. The van der Waals surface area contributed by atoms with E-state index in [2.05, 4.69) is 25.2 Å². The van der Waals surface area contributed by atoms with Crippen molar-refractivity contribution in [1.29, 1.82) is 0 Å². The van der Waals surface area contributed by atoms with Gasteiger partial charge in [0.05, 0.1) is 6.61 Å². The fourth-order valence-corrected chi connectivity index (χ4v) is 4.84. The fraction of sp³-hybridized carbons (Fsp3) is 0.423. The highest BCUT2D eigenvalue weighted by molar-refractivity contribution is 6.02. The average molecular weight is 405 g/mol. The first-order chi connectivity index (χ1) is 14.4. The molecule has 2 unspecified atom stereocenters. The molecule has 4 nitrogen and oxygen atoms in total. The predicted octanol–water partition coefficient (Wildman–Crippen LogP) is 6.42. The van der Waals surface area contributed by atoms with Gasteiger partial charge in [0.25, 0.3) is 0 Å². The van der Waals surface area contributed by atoms with Crippen molar-refractivity contribution in [2.45, 2.75) is 40.5 Å². The molecule has 0 heterocycles. The number of amides is 2. The maximum absolute atomic E-state index is 13.3. The van der Waals surface area contributed by atoms with Crippen molar-refractivity contribution in [2.75, 3.05) is 23.4 Å². The Morgan fingerprint density at radius 3 is 2.43 bits per heavy atom. The van der Waals surface area contributed by atoms with Gasteiger partial charge in [-0.2, -0.15) is 0 Å². The number of hydrogen-bond donors (Lipinski definition) is 1. The van der Waals surface area contributed by atoms with Crippen LogP contribution in [-0.2, 0) is 0 Å². The number of fused-ring (bicyclic) bond motifs is 1. The molecule has 2 aromatic carbocycles. The van der Waals surface area contributed by atoms with Crippen molar-refractivity contribution in [3.05, 3.63) is 65.7 Å². The normalized spacial score (nSPS) is 21.3. The molecular weight excluding hydrogens is 372 g/mol. The van der Waals surface area contributed by atoms with E-state index in [9.17, 15) is 4.79 Å². The van der Waals surface area contributed by atoms with Crippen LogP contribution in [-0.4, -0.2) is 19.2 Å². The molecule has 3 aliphatic rings. The Morgan fingerprint density at radius 1 is 1.13 bits per heavy atom. The SMILES string of the molecule is CCOc1ccc(N(CC2=CCC3CC2C3(C)C)C(=O)Nc2ccc(C)cc2)cc1. The van der Waals surface area contributed by atoms with Crippen LogP contribution in [0.4, 0.5) is 16.2 Å². The van der Waals surface area contributed by atoms with E-state index in [-0.39, 0.29) is 6.03 Å². The lowest BCUT2D eigenvalue weighted by molar-refractivity contribution is -0.00666. The minimum atomic E-state index is -0.108. The molecule has 1 saturated carbocycles. The second-order valence-corrected chi connectivity index (χ2v) is 9.13. The van der Waals surface area contributed by atoms with E-state index >= 15 is 0 Å². The van der Waals surface area contributed by atoms with Gasteiger partial charge < -0.3 is 10.1 Å². The minimum Gasteiger partial charge on any atom is -0.494 e. The van der Waals surface area contributed by atoms with Gasteiger partial charge in [-0.25, -0.2) is 4.79 Å².